The molecule has 0 bridgehead atoms. The first-order valence-electron chi connectivity index (χ1n) is 8.85. The molecule has 1 fully saturated rings. The molecule has 1 aromatic heterocycles. The number of hydrogen-bond acceptors (Lipinski definition) is 7. The molecule has 7 heteroatoms. The molecule has 4 N–H and O–H groups in total. The maximum Gasteiger partial charge on any atom is 0.224 e. The fourth-order valence-corrected chi connectivity index (χ4v) is 4.43. The van der Waals surface area contributed by atoms with Crippen molar-refractivity contribution < 1.29 is 29.9 Å². The molecule has 6 nitrogen and oxygen atoms in total. The fourth-order valence-electron chi connectivity index (χ4n) is 3.51. The summed E-state index contributed by atoms with van der Waals surface area (Å²) in [4.78, 5) is 2.45. The van der Waals surface area contributed by atoms with Gasteiger partial charge in [-0.25, -0.2) is 0 Å². The van der Waals surface area contributed by atoms with Gasteiger partial charge in [0.15, 0.2) is 0 Å². The van der Waals surface area contributed by atoms with Gasteiger partial charge in [0.05, 0.1) is 6.61 Å². The summed E-state index contributed by atoms with van der Waals surface area (Å²) in [5.74, 6) is -1.68. The second kappa shape index (κ2) is 7.97. The van der Waals surface area contributed by atoms with Crippen LogP contribution in [0.4, 0.5) is 0 Å². The van der Waals surface area contributed by atoms with E-state index in [1.807, 2.05) is 19.1 Å². The van der Waals surface area contributed by atoms with Crippen molar-refractivity contribution in [1.82, 2.24) is 0 Å². The van der Waals surface area contributed by atoms with E-state index < -0.39 is 36.8 Å². The van der Waals surface area contributed by atoms with E-state index in [4.69, 9.17) is 9.47 Å². The lowest BCUT2D eigenvalue weighted by atomic mass is 9.86. The molecule has 2 aromatic rings. The van der Waals surface area contributed by atoms with Crippen molar-refractivity contribution >= 4 is 11.3 Å². The van der Waals surface area contributed by atoms with Crippen LogP contribution >= 0.6 is 11.3 Å². The number of methoxy groups -OCH3 is 1. The van der Waals surface area contributed by atoms with E-state index in [0.29, 0.717) is 5.56 Å². The highest BCUT2D eigenvalue weighted by atomic mass is 32.1. The molecule has 148 valence electrons. The molecule has 0 aliphatic carbocycles. The third-order valence-electron chi connectivity index (χ3n) is 5.17. The van der Waals surface area contributed by atoms with Gasteiger partial charge in [-0.2, -0.15) is 0 Å². The van der Waals surface area contributed by atoms with Crippen LogP contribution in [-0.4, -0.2) is 58.6 Å². The number of thiophene rings is 1. The molecule has 1 aliphatic rings. The summed E-state index contributed by atoms with van der Waals surface area (Å²) < 4.78 is 11.3. The Balaban J connectivity index is 2.00. The Morgan fingerprint density at radius 2 is 1.85 bits per heavy atom. The Kier molecular flexibility index (Phi) is 6.02. The Bertz CT molecular complexity index is 789. The first kappa shape index (κ1) is 20.4. The second-order valence-electron chi connectivity index (χ2n) is 6.97. The Labute approximate surface area is 162 Å². The average molecular weight is 394 g/mol. The van der Waals surface area contributed by atoms with Gasteiger partial charge in [0.1, 0.15) is 24.4 Å². The van der Waals surface area contributed by atoms with E-state index in [9.17, 15) is 20.4 Å². The van der Waals surface area contributed by atoms with Gasteiger partial charge in [-0.15, -0.1) is 11.3 Å². The van der Waals surface area contributed by atoms with Gasteiger partial charge >= 0.3 is 0 Å². The van der Waals surface area contributed by atoms with Crippen LogP contribution in [0.15, 0.2) is 30.3 Å². The lowest BCUT2D eigenvalue weighted by Crippen LogP contribution is -2.64. The number of hydrogen-bond donors (Lipinski definition) is 4. The van der Waals surface area contributed by atoms with E-state index in [1.165, 1.54) is 16.9 Å². The zero-order chi connectivity index (χ0) is 19.8. The average Bonchev–Trinajstić information content (AvgIpc) is 3.07. The molecule has 2 heterocycles. The molecule has 3 rings (SSSR count). The Morgan fingerprint density at radius 1 is 1.11 bits per heavy atom. The Morgan fingerprint density at radius 3 is 2.44 bits per heavy atom. The fraction of sp³-hybridized carbons (Fsp3) is 0.500. The third-order valence-corrected chi connectivity index (χ3v) is 6.17. The summed E-state index contributed by atoms with van der Waals surface area (Å²) in [5.41, 5.74) is 2.65. The zero-order valence-electron chi connectivity index (χ0n) is 15.6. The van der Waals surface area contributed by atoms with Gasteiger partial charge < -0.3 is 29.9 Å². The predicted octanol–water partition coefficient (Wildman–Crippen LogP) is 1.23. The van der Waals surface area contributed by atoms with Crippen LogP contribution in [0.25, 0.3) is 0 Å². The first-order chi connectivity index (χ1) is 12.8. The monoisotopic (exact) mass is 394 g/mol. The molecule has 1 aliphatic heterocycles. The topological polar surface area (TPSA) is 99.4 Å². The molecule has 5 atom stereocenters. The SMILES string of the molecule is COC1(c2ccc(C)c(Cc3ccc(C)s3)c2)O[C@H](CO)[C@@H](O)[C@H](O)[C@H]1O. The minimum absolute atomic E-state index is 0.511. The highest BCUT2D eigenvalue weighted by Crippen LogP contribution is 2.40. The van der Waals surface area contributed by atoms with Crippen LogP contribution in [0.5, 0.6) is 0 Å². The van der Waals surface area contributed by atoms with Gasteiger partial charge in [-0.05, 0) is 43.2 Å². The summed E-state index contributed by atoms with van der Waals surface area (Å²) in [6, 6.07) is 9.73. The van der Waals surface area contributed by atoms with Gasteiger partial charge in [-0.1, -0.05) is 12.1 Å². The summed E-state index contributed by atoms with van der Waals surface area (Å²) >= 11 is 1.72. The maximum atomic E-state index is 10.6. The summed E-state index contributed by atoms with van der Waals surface area (Å²) in [5, 5.41) is 40.4. The smallest absolute Gasteiger partial charge is 0.224 e. The molecule has 0 amide bonds. The van der Waals surface area contributed by atoms with E-state index in [0.717, 1.165) is 17.5 Å². The van der Waals surface area contributed by atoms with E-state index in [1.54, 1.807) is 17.4 Å². The molecular weight excluding hydrogens is 368 g/mol. The minimum atomic E-state index is -1.68. The third kappa shape index (κ3) is 3.69. The molecule has 0 radical (unpaired) electrons. The van der Waals surface area contributed by atoms with Crippen LogP contribution in [0.2, 0.25) is 0 Å². The number of aliphatic hydroxyl groups is 4. The quantitative estimate of drug-likeness (QED) is 0.609. The van der Waals surface area contributed by atoms with E-state index in [2.05, 4.69) is 19.1 Å². The van der Waals surface area contributed by atoms with Crippen molar-refractivity contribution in [3.63, 3.8) is 0 Å². The van der Waals surface area contributed by atoms with Crippen molar-refractivity contribution in [2.45, 2.75) is 50.5 Å². The number of aliphatic hydroxyl groups excluding tert-OH is 4. The highest BCUT2D eigenvalue weighted by molar-refractivity contribution is 7.11. The van der Waals surface area contributed by atoms with Gasteiger partial charge in [-0.3, -0.25) is 0 Å². The van der Waals surface area contributed by atoms with Crippen LogP contribution < -0.4 is 0 Å². The number of rotatable bonds is 5. The van der Waals surface area contributed by atoms with Crippen molar-refractivity contribution in [3.05, 3.63) is 56.8 Å². The molecule has 27 heavy (non-hydrogen) atoms. The summed E-state index contributed by atoms with van der Waals surface area (Å²) in [6.07, 6.45) is -4.79. The highest BCUT2D eigenvalue weighted by Gasteiger charge is 2.55. The maximum absolute atomic E-state index is 10.6. The largest absolute Gasteiger partial charge is 0.394 e. The lowest BCUT2D eigenvalue weighted by molar-refractivity contribution is -0.366. The second-order valence-corrected chi connectivity index (χ2v) is 8.34. The molecule has 1 saturated heterocycles. The van der Waals surface area contributed by atoms with Gasteiger partial charge in [0, 0.05) is 28.8 Å². The molecule has 0 spiro atoms. The van der Waals surface area contributed by atoms with Gasteiger partial charge in [0.25, 0.3) is 0 Å². The van der Waals surface area contributed by atoms with Gasteiger partial charge in [0.2, 0.25) is 5.79 Å². The summed E-state index contributed by atoms with van der Waals surface area (Å²) in [6.45, 7) is 3.56. The zero-order valence-corrected chi connectivity index (χ0v) is 16.4. The van der Waals surface area contributed by atoms with Crippen LogP contribution in [0.3, 0.4) is 0 Å². The van der Waals surface area contributed by atoms with Crippen molar-refractivity contribution in [2.24, 2.45) is 0 Å². The number of ether oxygens (including phenoxy) is 2. The lowest BCUT2D eigenvalue weighted by Gasteiger charge is -2.47. The standard InChI is InChI=1S/C20H26O6S/c1-11-4-6-14(8-13(11)9-15-7-5-12(2)27-15)20(25-3)19(24)18(23)17(22)16(10-21)26-20/h4-8,16-19,21-24H,9-10H2,1-3H3/t16-,17-,18+,19-,20?/m1/s1. The molecule has 0 saturated carbocycles. The molecule has 1 aromatic carbocycles. The predicted molar refractivity (Wildman–Crippen MR) is 102 cm³/mol. The number of benzene rings is 1. The Hall–Kier alpha value is -1.32. The van der Waals surface area contributed by atoms with Crippen molar-refractivity contribution in [1.29, 1.82) is 0 Å². The van der Waals surface area contributed by atoms with E-state index in [-0.39, 0.29) is 0 Å². The normalized spacial score (nSPS) is 31.2. The van der Waals surface area contributed by atoms with Crippen LogP contribution in [0.1, 0.15) is 26.4 Å². The van der Waals surface area contributed by atoms with E-state index >= 15 is 0 Å². The van der Waals surface area contributed by atoms with Crippen LogP contribution in [-0.2, 0) is 21.7 Å². The van der Waals surface area contributed by atoms with Crippen molar-refractivity contribution in [2.75, 3.05) is 13.7 Å². The molecular formula is C20H26O6S. The first-order valence-corrected chi connectivity index (χ1v) is 9.67. The number of aryl methyl sites for hydroxylation is 2. The minimum Gasteiger partial charge on any atom is -0.394 e. The van der Waals surface area contributed by atoms with Crippen LogP contribution in [0, 0.1) is 13.8 Å². The van der Waals surface area contributed by atoms with Crippen molar-refractivity contribution in [3.8, 4) is 0 Å². The summed E-state index contributed by atoms with van der Waals surface area (Å²) in [7, 11) is 1.37. The molecule has 1 unspecified atom stereocenters.